The van der Waals surface area contributed by atoms with E-state index in [1.54, 1.807) is 0 Å². The summed E-state index contributed by atoms with van der Waals surface area (Å²) in [5.41, 5.74) is 1.22. The van der Waals surface area contributed by atoms with Crippen molar-refractivity contribution in [3.8, 4) is 0 Å². The molecule has 0 bridgehead atoms. The quantitative estimate of drug-likeness (QED) is 0.730. The predicted octanol–water partition coefficient (Wildman–Crippen LogP) is 5.10. The second-order valence-corrected chi connectivity index (χ2v) is 6.28. The molecule has 1 saturated carbocycles. The van der Waals surface area contributed by atoms with Crippen LogP contribution in [0.25, 0.3) is 0 Å². The highest BCUT2D eigenvalue weighted by Crippen LogP contribution is 2.36. The largest absolute Gasteiger partial charge is 0.299 e. The second kappa shape index (κ2) is 7.01. The number of benzene rings is 1. The molecule has 1 fully saturated rings. The van der Waals surface area contributed by atoms with Gasteiger partial charge >= 0.3 is 0 Å². The van der Waals surface area contributed by atoms with Gasteiger partial charge in [0.05, 0.1) is 0 Å². The summed E-state index contributed by atoms with van der Waals surface area (Å²) < 4.78 is 12.9. The zero-order chi connectivity index (χ0) is 14.5. The first-order chi connectivity index (χ1) is 9.60. The molecule has 0 N–H and O–H groups in total. The lowest BCUT2D eigenvalue weighted by Crippen LogP contribution is -2.22. The molecule has 1 aliphatic rings. The number of ketones is 1. The molecule has 1 unspecified atom stereocenters. The van der Waals surface area contributed by atoms with Crippen LogP contribution in [0.2, 0.25) is 0 Å². The lowest BCUT2D eigenvalue weighted by atomic mass is 9.76. The minimum Gasteiger partial charge on any atom is -0.299 e. The van der Waals surface area contributed by atoms with Gasteiger partial charge in [-0.2, -0.15) is 0 Å². The van der Waals surface area contributed by atoms with Gasteiger partial charge in [0.1, 0.15) is 11.6 Å². The third-order valence-electron chi connectivity index (χ3n) is 4.77. The minimum absolute atomic E-state index is 0.175. The summed E-state index contributed by atoms with van der Waals surface area (Å²) in [6.45, 7) is 4.30. The highest BCUT2D eigenvalue weighted by atomic mass is 19.1. The van der Waals surface area contributed by atoms with Gasteiger partial charge in [-0.3, -0.25) is 4.79 Å². The van der Waals surface area contributed by atoms with E-state index in [9.17, 15) is 9.18 Å². The zero-order valence-corrected chi connectivity index (χ0v) is 12.6. The lowest BCUT2D eigenvalue weighted by Gasteiger charge is -2.28. The number of hydrogen-bond donors (Lipinski definition) is 0. The number of halogens is 1. The molecule has 2 rings (SSSR count). The van der Waals surface area contributed by atoms with Crippen LogP contribution in [0, 0.1) is 17.7 Å². The first kappa shape index (κ1) is 15.2. The molecule has 1 atom stereocenters. The van der Waals surface area contributed by atoms with E-state index >= 15 is 0 Å². The normalized spacial score (nSPS) is 24.4. The molecular weight excluding hydrogens is 251 g/mol. The Kier molecular flexibility index (Phi) is 5.33. The van der Waals surface area contributed by atoms with Crippen molar-refractivity contribution in [1.82, 2.24) is 0 Å². The number of hydrogen-bond acceptors (Lipinski definition) is 1. The molecule has 0 radical (unpaired) electrons. The van der Waals surface area contributed by atoms with Crippen molar-refractivity contribution in [2.75, 3.05) is 0 Å². The van der Waals surface area contributed by atoms with E-state index in [-0.39, 0.29) is 11.7 Å². The van der Waals surface area contributed by atoms with Gasteiger partial charge < -0.3 is 0 Å². The van der Waals surface area contributed by atoms with Gasteiger partial charge in [0.25, 0.3) is 0 Å². The molecular formula is C18H25FO. The van der Waals surface area contributed by atoms with Gasteiger partial charge in [-0.15, -0.1) is 0 Å². The van der Waals surface area contributed by atoms with Gasteiger partial charge in [0.2, 0.25) is 0 Å². The van der Waals surface area contributed by atoms with Gasteiger partial charge in [0, 0.05) is 12.3 Å². The van der Waals surface area contributed by atoms with Crippen LogP contribution in [-0.4, -0.2) is 5.78 Å². The SMILES string of the molecule is CCC(C)CC(=O)C1CCC(c2ccc(F)cc2)CC1. The van der Waals surface area contributed by atoms with E-state index in [1.165, 1.54) is 17.7 Å². The Bertz CT molecular complexity index is 429. The fourth-order valence-electron chi connectivity index (χ4n) is 3.14. The summed E-state index contributed by atoms with van der Waals surface area (Å²) in [6, 6.07) is 6.85. The van der Waals surface area contributed by atoms with Crippen molar-refractivity contribution in [3.05, 3.63) is 35.6 Å². The van der Waals surface area contributed by atoms with Crippen molar-refractivity contribution in [2.24, 2.45) is 11.8 Å². The van der Waals surface area contributed by atoms with E-state index < -0.39 is 0 Å². The van der Waals surface area contributed by atoms with Crippen LogP contribution in [0.15, 0.2) is 24.3 Å². The van der Waals surface area contributed by atoms with E-state index in [4.69, 9.17) is 0 Å². The maximum absolute atomic E-state index is 12.9. The Hall–Kier alpha value is -1.18. The van der Waals surface area contributed by atoms with Crippen LogP contribution in [0.4, 0.5) is 4.39 Å². The summed E-state index contributed by atoms with van der Waals surface area (Å²) in [5, 5.41) is 0. The Morgan fingerprint density at radius 3 is 2.35 bits per heavy atom. The standard InChI is InChI=1S/C18H25FO/c1-3-13(2)12-18(20)16-6-4-14(5-7-16)15-8-10-17(19)11-9-15/h8-11,13-14,16H,3-7,12H2,1-2H3. The van der Waals surface area contributed by atoms with Crippen molar-refractivity contribution < 1.29 is 9.18 Å². The van der Waals surface area contributed by atoms with Crippen LogP contribution in [-0.2, 0) is 4.79 Å². The topological polar surface area (TPSA) is 17.1 Å². The predicted molar refractivity (Wildman–Crippen MR) is 80.2 cm³/mol. The molecule has 1 nitrogen and oxygen atoms in total. The minimum atomic E-state index is -0.175. The molecule has 0 heterocycles. The highest BCUT2D eigenvalue weighted by Gasteiger charge is 2.27. The van der Waals surface area contributed by atoms with E-state index in [1.807, 2.05) is 12.1 Å². The first-order valence-electron chi connectivity index (χ1n) is 7.88. The molecule has 0 saturated heterocycles. The first-order valence-corrected chi connectivity index (χ1v) is 7.88. The molecule has 2 heteroatoms. The number of carbonyl (C=O) groups excluding carboxylic acids is 1. The molecule has 0 aliphatic heterocycles. The Morgan fingerprint density at radius 2 is 1.80 bits per heavy atom. The fraction of sp³-hybridized carbons (Fsp3) is 0.611. The van der Waals surface area contributed by atoms with Crippen molar-refractivity contribution in [2.45, 2.75) is 58.3 Å². The average molecular weight is 276 g/mol. The Morgan fingerprint density at radius 1 is 1.20 bits per heavy atom. The highest BCUT2D eigenvalue weighted by molar-refractivity contribution is 5.81. The maximum Gasteiger partial charge on any atom is 0.136 e. The smallest absolute Gasteiger partial charge is 0.136 e. The molecule has 0 aromatic heterocycles. The summed E-state index contributed by atoms with van der Waals surface area (Å²) in [4.78, 5) is 12.2. The van der Waals surface area contributed by atoms with Crippen LogP contribution >= 0.6 is 0 Å². The summed E-state index contributed by atoms with van der Waals surface area (Å²) in [6.07, 6.45) is 5.93. The molecule has 1 aromatic carbocycles. The summed E-state index contributed by atoms with van der Waals surface area (Å²) in [7, 11) is 0. The zero-order valence-electron chi connectivity index (χ0n) is 12.6. The second-order valence-electron chi connectivity index (χ2n) is 6.28. The third-order valence-corrected chi connectivity index (χ3v) is 4.77. The molecule has 1 aliphatic carbocycles. The van der Waals surface area contributed by atoms with E-state index in [2.05, 4.69) is 13.8 Å². The molecule has 0 amide bonds. The number of carbonyl (C=O) groups is 1. The van der Waals surface area contributed by atoms with Crippen LogP contribution < -0.4 is 0 Å². The van der Waals surface area contributed by atoms with Crippen LogP contribution in [0.3, 0.4) is 0 Å². The monoisotopic (exact) mass is 276 g/mol. The van der Waals surface area contributed by atoms with Gasteiger partial charge in [-0.05, 0) is 55.2 Å². The van der Waals surface area contributed by atoms with E-state index in [0.717, 1.165) is 38.5 Å². The van der Waals surface area contributed by atoms with Crippen LogP contribution in [0.1, 0.15) is 63.9 Å². The molecule has 110 valence electrons. The lowest BCUT2D eigenvalue weighted by molar-refractivity contribution is -0.124. The van der Waals surface area contributed by atoms with Crippen molar-refractivity contribution in [1.29, 1.82) is 0 Å². The maximum atomic E-state index is 12.9. The van der Waals surface area contributed by atoms with Gasteiger partial charge in [-0.1, -0.05) is 32.4 Å². The molecule has 0 spiro atoms. The summed E-state index contributed by atoms with van der Waals surface area (Å²) >= 11 is 0. The fourth-order valence-corrected chi connectivity index (χ4v) is 3.14. The van der Waals surface area contributed by atoms with Crippen LogP contribution in [0.5, 0.6) is 0 Å². The number of Topliss-reactive ketones (excluding diaryl/α,β-unsaturated/α-hetero) is 1. The van der Waals surface area contributed by atoms with E-state index in [0.29, 0.717) is 17.6 Å². The molecule has 1 aromatic rings. The van der Waals surface area contributed by atoms with Gasteiger partial charge in [0.15, 0.2) is 0 Å². The average Bonchev–Trinajstić information content (AvgIpc) is 2.48. The molecule has 20 heavy (non-hydrogen) atoms. The Labute approximate surface area is 121 Å². The van der Waals surface area contributed by atoms with Crippen molar-refractivity contribution in [3.63, 3.8) is 0 Å². The Balaban J connectivity index is 1.86. The third kappa shape index (κ3) is 3.91. The van der Waals surface area contributed by atoms with Gasteiger partial charge in [-0.25, -0.2) is 4.39 Å². The summed E-state index contributed by atoms with van der Waals surface area (Å²) in [5.74, 6) is 1.56. The number of rotatable bonds is 5. The van der Waals surface area contributed by atoms with Crippen molar-refractivity contribution >= 4 is 5.78 Å².